The van der Waals surface area contributed by atoms with Crippen molar-refractivity contribution < 1.29 is 18.7 Å². The van der Waals surface area contributed by atoms with Crippen LogP contribution in [0.3, 0.4) is 0 Å². The Morgan fingerprint density at radius 3 is 2.77 bits per heavy atom. The fourth-order valence-corrected chi connectivity index (χ4v) is 1.80. The van der Waals surface area contributed by atoms with Crippen LogP contribution in [0, 0.1) is 12.7 Å². The Balaban J connectivity index is 2.25. The zero-order valence-corrected chi connectivity index (χ0v) is 12.2. The highest BCUT2D eigenvalue weighted by Gasteiger charge is 2.16. The Bertz CT molecular complexity index is 716. The van der Waals surface area contributed by atoms with Crippen molar-refractivity contribution >= 4 is 17.6 Å². The summed E-state index contributed by atoms with van der Waals surface area (Å²) in [4.78, 5) is 27.9. The summed E-state index contributed by atoms with van der Waals surface area (Å²) in [6.45, 7) is 3.48. The van der Waals surface area contributed by atoms with Gasteiger partial charge in [0.15, 0.2) is 5.69 Å². The summed E-state index contributed by atoms with van der Waals surface area (Å²) in [7, 11) is 0. The van der Waals surface area contributed by atoms with Gasteiger partial charge in [0.25, 0.3) is 5.91 Å². The van der Waals surface area contributed by atoms with Gasteiger partial charge in [0.1, 0.15) is 5.82 Å². The van der Waals surface area contributed by atoms with Crippen LogP contribution < -0.4 is 5.32 Å². The van der Waals surface area contributed by atoms with Crippen LogP contribution in [0.5, 0.6) is 0 Å². The number of pyridine rings is 1. The molecule has 0 aliphatic heterocycles. The molecule has 2 rings (SSSR count). The normalized spacial score (nSPS) is 10.1. The van der Waals surface area contributed by atoms with Crippen LogP contribution in [0.1, 0.15) is 33.3 Å². The molecule has 22 heavy (non-hydrogen) atoms. The molecule has 1 amide bonds. The lowest BCUT2D eigenvalue weighted by atomic mass is 10.1. The molecule has 1 N–H and O–H groups in total. The molecule has 0 saturated heterocycles. The number of nitrogens with one attached hydrogen (secondary N) is 1. The first-order chi connectivity index (χ1) is 10.5. The van der Waals surface area contributed by atoms with Gasteiger partial charge in [0.2, 0.25) is 0 Å². The molecule has 0 bridgehead atoms. The number of ether oxygens (including phenoxy) is 1. The van der Waals surface area contributed by atoms with E-state index in [9.17, 15) is 14.0 Å². The van der Waals surface area contributed by atoms with E-state index in [0.29, 0.717) is 5.56 Å². The van der Waals surface area contributed by atoms with Crippen molar-refractivity contribution in [3.63, 3.8) is 0 Å². The van der Waals surface area contributed by atoms with E-state index in [0.717, 1.165) is 6.07 Å². The number of benzene rings is 1. The van der Waals surface area contributed by atoms with E-state index in [4.69, 9.17) is 4.74 Å². The number of hydrogen-bond donors (Lipinski definition) is 1. The maximum atomic E-state index is 13.5. The summed E-state index contributed by atoms with van der Waals surface area (Å²) >= 11 is 0. The number of carbonyl (C=O) groups excluding carboxylic acids is 2. The molecule has 1 aromatic heterocycles. The molecule has 0 unspecified atom stereocenters. The van der Waals surface area contributed by atoms with E-state index < -0.39 is 17.7 Å². The molecule has 0 aliphatic carbocycles. The number of rotatable bonds is 4. The van der Waals surface area contributed by atoms with Gasteiger partial charge in [-0.15, -0.1) is 0 Å². The number of anilines is 1. The second-order valence-corrected chi connectivity index (χ2v) is 4.54. The highest BCUT2D eigenvalue weighted by atomic mass is 19.1. The van der Waals surface area contributed by atoms with Gasteiger partial charge in [0.05, 0.1) is 12.3 Å². The van der Waals surface area contributed by atoms with Gasteiger partial charge in [-0.05, 0) is 43.7 Å². The molecule has 6 heteroatoms. The molecule has 114 valence electrons. The summed E-state index contributed by atoms with van der Waals surface area (Å²) in [6.07, 6.45) is 1.42. The number of carbonyl (C=O) groups is 2. The Labute approximate surface area is 127 Å². The first kappa shape index (κ1) is 15.6. The van der Waals surface area contributed by atoms with Crippen molar-refractivity contribution in [3.05, 3.63) is 59.2 Å². The number of hydrogen-bond acceptors (Lipinski definition) is 4. The highest BCUT2D eigenvalue weighted by Crippen LogP contribution is 2.16. The van der Waals surface area contributed by atoms with Crippen molar-refractivity contribution in [1.29, 1.82) is 0 Å². The van der Waals surface area contributed by atoms with Gasteiger partial charge in [-0.25, -0.2) is 14.2 Å². The minimum absolute atomic E-state index is 0.00489. The lowest BCUT2D eigenvalue weighted by molar-refractivity contribution is 0.0521. The smallest absolute Gasteiger partial charge is 0.359 e. The van der Waals surface area contributed by atoms with E-state index >= 15 is 0 Å². The number of halogens is 1. The minimum Gasteiger partial charge on any atom is -0.461 e. The standard InChI is InChI=1S/C16H15FN2O3/c1-3-22-16(21)14-13(5-4-8-18-14)19-15(20)11-7-6-10(2)12(17)9-11/h4-9H,3H2,1-2H3,(H,19,20). The van der Waals surface area contributed by atoms with Crippen LogP contribution in [-0.4, -0.2) is 23.5 Å². The summed E-state index contributed by atoms with van der Waals surface area (Å²) in [5.41, 5.74) is 0.823. The fraction of sp³-hybridized carbons (Fsp3) is 0.188. The molecule has 0 spiro atoms. The average molecular weight is 302 g/mol. The summed E-state index contributed by atoms with van der Waals surface area (Å²) in [6, 6.07) is 7.27. The quantitative estimate of drug-likeness (QED) is 0.882. The molecule has 0 aliphatic rings. The molecular weight excluding hydrogens is 287 g/mol. The SMILES string of the molecule is CCOC(=O)c1ncccc1NC(=O)c1ccc(C)c(F)c1. The maximum Gasteiger partial charge on any atom is 0.359 e. The van der Waals surface area contributed by atoms with Crippen molar-refractivity contribution in [1.82, 2.24) is 4.98 Å². The molecule has 0 atom stereocenters. The Kier molecular flexibility index (Phi) is 4.83. The molecular formula is C16H15FN2O3. The maximum absolute atomic E-state index is 13.5. The predicted molar refractivity (Wildman–Crippen MR) is 79.3 cm³/mol. The third kappa shape index (κ3) is 3.46. The average Bonchev–Trinajstić information content (AvgIpc) is 2.50. The van der Waals surface area contributed by atoms with Crippen LogP contribution >= 0.6 is 0 Å². The molecule has 0 fully saturated rings. The van der Waals surface area contributed by atoms with Crippen molar-refractivity contribution in [2.24, 2.45) is 0 Å². The highest BCUT2D eigenvalue weighted by molar-refractivity contribution is 6.07. The third-order valence-electron chi connectivity index (χ3n) is 2.96. The van der Waals surface area contributed by atoms with E-state index in [-0.39, 0.29) is 23.6 Å². The second kappa shape index (κ2) is 6.80. The van der Waals surface area contributed by atoms with Crippen LogP contribution in [0.25, 0.3) is 0 Å². The van der Waals surface area contributed by atoms with Gasteiger partial charge < -0.3 is 10.1 Å². The topological polar surface area (TPSA) is 68.3 Å². The monoisotopic (exact) mass is 302 g/mol. The summed E-state index contributed by atoms with van der Waals surface area (Å²) < 4.78 is 18.4. The van der Waals surface area contributed by atoms with Gasteiger partial charge in [-0.2, -0.15) is 0 Å². The van der Waals surface area contributed by atoms with Gasteiger partial charge in [0, 0.05) is 11.8 Å². The molecule has 2 aromatic rings. The van der Waals surface area contributed by atoms with E-state index in [1.807, 2.05) is 0 Å². The largest absolute Gasteiger partial charge is 0.461 e. The Morgan fingerprint density at radius 1 is 1.32 bits per heavy atom. The Hall–Kier alpha value is -2.76. The second-order valence-electron chi connectivity index (χ2n) is 4.54. The van der Waals surface area contributed by atoms with Crippen LogP contribution in [0.2, 0.25) is 0 Å². The molecule has 1 heterocycles. The number of nitrogens with zero attached hydrogens (tertiary/aromatic N) is 1. The van der Waals surface area contributed by atoms with E-state index in [1.165, 1.54) is 24.4 Å². The van der Waals surface area contributed by atoms with Gasteiger partial charge >= 0.3 is 5.97 Å². The molecule has 0 radical (unpaired) electrons. The van der Waals surface area contributed by atoms with Crippen LogP contribution in [0.15, 0.2) is 36.5 Å². The van der Waals surface area contributed by atoms with Crippen molar-refractivity contribution in [2.75, 3.05) is 11.9 Å². The lowest BCUT2D eigenvalue weighted by Gasteiger charge is -2.09. The van der Waals surface area contributed by atoms with Crippen LogP contribution in [-0.2, 0) is 4.74 Å². The summed E-state index contributed by atoms with van der Waals surface area (Å²) in [5, 5.41) is 2.54. The number of aryl methyl sites for hydroxylation is 1. The Morgan fingerprint density at radius 2 is 2.09 bits per heavy atom. The number of esters is 1. The van der Waals surface area contributed by atoms with Gasteiger partial charge in [-0.3, -0.25) is 4.79 Å². The lowest BCUT2D eigenvalue weighted by Crippen LogP contribution is -2.17. The molecule has 5 nitrogen and oxygen atoms in total. The van der Waals surface area contributed by atoms with Crippen molar-refractivity contribution in [3.8, 4) is 0 Å². The molecule has 0 saturated carbocycles. The van der Waals surface area contributed by atoms with E-state index in [2.05, 4.69) is 10.3 Å². The molecule has 1 aromatic carbocycles. The number of amides is 1. The van der Waals surface area contributed by atoms with Crippen LogP contribution in [0.4, 0.5) is 10.1 Å². The fourth-order valence-electron chi connectivity index (χ4n) is 1.80. The minimum atomic E-state index is -0.631. The third-order valence-corrected chi connectivity index (χ3v) is 2.96. The van der Waals surface area contributed by atoms with Crippen molar-refractivity contribution in [2.45, 2.75) is 13.8 Å². The van der Waals surface area contributed by atoms with Gasteiger partial charge in [-0.1, -0.05) is 6.07 Å². The zero-order valence-electron chi connectivity index (χ0n) is 12.2. The first-order valence-corrected chi connectivity index (χ1v) is 6.72. The summed E-state index contributed by atoms with van der Waals surface area (Å²) in [5.74, 6) is -1.63. The zero-order chi connectivity index (χ0) is 16.1. The first-order valence-electron chi connectivity index (χ1n) is 6.72. The number of aromatic nitrogens is 1. The predicted octanol–water partition coefficient (Wildman–Crippen LogP) is 2.96. The van der Waals surface area contributed by atoms with E-state index in [1.54, 1.807) is 19.9 Å².